The van der Waals surface area contributed by atoms with Gasteiger partial charge >= 0.3 is 6.18 Å². The van der Waals surface area contributed by atoms with Crippen molar-refractivity contribution in [2.24, 2.45) is 0 Å². The van der Waals surface area contributed by atoms with Gasteiger partial charge < -0.3 is 9.47 Å². The molecule has 0 atom stereocenters. The maximum atomic E-state index is 13.1. The first-order valence-electron chi connectivity index (χ1n) is 7.14. The lowest BCUT2D eigenvalue weighted by Gasteiger charge is -2.16. The van der Waals surface area contributed by atoms with E-state index < -0.39 is 11.7 Å². The Kier molecular flexibility index (Phi) is 5.44. The Morgan fingerprint density at radius 3 is 2.17 bits per heavy atom. The van der Waals surface area contributed by atoms with E-state index in [1.807, 2.05) is 25.1 Å². The highest BCUT2D eigenvalue weighted by Gasteiger charge is 2.31. The van der Waals surface area contributed by atoms with E-state index >= 15 is 0 Å². The number of aryl methyl sites for hydroxylation is 1. The standard InChI is InChI=1S/C18H19F3O2/c1-12-4-5-13(10-22-2)8-16(12)17-9-15(18(19,20)21)7-6-14(17)11-23-3/h4-9H,10-11H2,1-3H3. The normalized spacial score (nSPS) is 11.7. The number of alkyl halides is 3. The second-order valence-corrected chi connectivity index (χ2v) is 5.38. The van der Waals surface area contributed by atoms with Crippen LogP contribution in [-0.4, -0.2) is 14.2 Å². The zero-order chi connectivity index (χ0) is 17.0. The molecule has 2 rings (SSSR count). The van der Waals surface area contributed by atoms with Crippen LogP contribution in [0.1, 0.15) is 22.3 Å². The largest absolute Gasteiger partial charge is 0.416 e. The van der Waals surface area contributed by atoms with Crippen LogP contribution in [0.2, 0.25) is 0 Å². The van der Waals surface area contributed by atoms with Gasteiger partial charge in [0.25, 0.3) is 0 Å². The van der Waals surface area contributed by atoms with Gasteiger partial charge in [-0.2, -0.15) is 13.2 Å². The highest BCUT2D eigenvalue weighted by Crippen LogP contribution is 2.35. The van der Waals surface area contributed by atoms with Crippen LogP contribution in [0.15, 0.2) is 36.4 Å². The Balaban J connectivity index is 2.61. The summed E-state index contributed by atoms with van der Waals surface area (Å²) in [5, 5.41) is 0. The first-order valence-corrected chi connectivity index (χ1v) is 7.14. The van der Waals surface area contributed by atoms with Gasteiger partial charge in [0.2, 0.25) is 0 Å². The second kappa shape index (κ2) is 7.15. The number of rotatable bonds is 5. The van der Waals surface area contributed by atoms with Crippen LogP contribution >= 0.6 is 0 Å². The average molecular weight is 324 g/mol. The van der Waals surface area contributed by atoms with Crippen LogP contribution in [0.5, 0.6) is 0 Å². The minimum atomic E-state index is -4.38. The minimum Gasteiger partial charge on any atom is -0.380 e. The fourth-order valence-corrected chi connectivity index (χ4v) is 2.50. The average Bonchev–Trinajstić information content (AvgIpc) is 2.49. The van der Waals surface area contributed by atoms with Crippen LogP contribution in [-0.2, 0) is 28.9 Å². The Morgan fingerprint density at radius 1 is 0.870 bits per heavy atom. The third-order valence-corrected chi connectivity index (χ3v) is 3.64. The summed E-state index contributed by atoms with van der Waals surface area (Å²) in [7, 11) is 3.11. The summed E-state index contributed by atoms with van der Waals surface area (Å²) in [6.07, 6.45) is -4.38. The van der Waals surface area contributed by atoms with E-state index in [2.05, 4.69) is 0 Å². The molecule has 0 unspecified atom stereocenters. The summed E-state index contributed by atoms with van der Waals surface area (Å²) in [5.41, 5.74) is 3.17. The number of hydrogen-bond donors (Lipinski definition) is 0. The van der Waals surface area contributed by atoms with Gasteiger partial charge in [0, 0.05) is 14.2 Å². The molecule has 2 aromatic carbocycles. The molecular weight excluding hydrogens is 305 g/mol. The van der Waals surface area contributed by atoms with Crippen LogP contribution in [0.4, 0.5) is 13.2 Å². The fourth-order valence-electron chi connectivity index (χ4n) is 2.50. The predicted octanol–water partition coefficient (Wildman–Crippen LogP) is 4.97. The summed E-state index contributed by atoms with van der Waals surface area (Å²) in [6, 6.07) is 9.42. The van der Waals surface area contributed by atoms with Crippen molar-refractivity contribution in [3.63, 3.8) is 0 Å². The quantitative estimate of drug-likeness (QED) is 0.773. The fraction of sp³-hybridized carbons (Fsp3) is 0.333. The van der Waals surface area contributed by atoms with Crippen molar-refractivity contribution < 1.29 is 22.6 Å². The van der Waals surface area contributed by atoms with Crippen molar-refractivity contribution in [3.05, 3.63) is 58.7 Å². The molecule has 0 aliphatic heterocycles. The summed E-state index contributed by atoms with van der Waals surface area (Å²) in [5.74, 6) is 0. The lowest BCUT2D eigenvalue weighted by molar-refractivity contribution is -0.137. The molecule has 23 heavy (non-hydrogen) atoms. The van der Waals surface area contributed by atoms with Gasteiger partial charge in [-0.25, -0.2) is 0 Å². The Bertz CT molecular complexity index is 678. The van der Waals surface area contributed by atoms with Gasteiger partial charge in [-0.3, -0.25) is 0 Å². The van der Waals surface area contributed by atoms with Crippen molar-refractivity contribution in [1.82, 2.24) is 0 Å². The molecule has 0 heterocycles. The molecule has 2 aromatic rings. The van der Waals surface area contributed by atoms with Gasteiger partial charge in [-0.1, -0.05) is 18.2 Å². The maximum Gasteiger partial charge on any atom is 0.416 e. The molecule has 0 N–H and O–H groups in total. The third kappa shape index (κ3) is 4.12. The molecule has 0 fully saturated rings. The van der Waals surface area contributed by atoms with Crippen LogP contribution in [0.3, 0.4) is 0 Å². The smallest absolute Gasteiger partial charge is 0.380 e. The predicted molar refractivity (Wildman–Crippen MR) is 83.0 cm³/mol. The Morgan fingerprint density at radius 2 is 1.57 bits per heavy atom. The summed E-state index contributed by atoms with van der Waals surface area (Å²) in [6.45, 7) is 2.54. The number of hydrogen-bond acceptors (Lipinski definition) is 2. The monoisotopic (exact) mass is 324 g/mol. The van der Waals surface area contributed by atoms with E-state index in [1.54, 1.807) is 7.11 Å². The topological polar surface area (TPSA) is 18.5 Å². The number of halogens is 3. The molecule has 0 spiro atoms. The lowest BCUT2D eigenvalue weighted by atomic mass is 9.93. The summed E-state index contributed by atoms with van der Waals surface area (Å²) < 4.78 is 49.4. The highest BCUT2D eigenvalue weighted by atomic mass is 19.4. The van der Waals surface area contributed by atoms with Crippen molar-refractivity contribution >= 4 is 0 Å². The van der Waals surface area contributed by atoms with E-state index in [-0.39, 0.29) is 6.61 Å². The Hall–Kier alpha value is -1.85. The van der Waals surface area contributed by atoms with E-state index in [4.69, 9.17) is 9.47 Å². The van der Waals surface area contributed by atoms with E-state index in [1.165, 1.54) is 19.2 Å². The molecule has 2 nitrogen and oxygen atoms in total. The van der Waals surface area contributed by atoms with Gasteiger partial charge in [0.15, 0.2) is 0 Å². The number of methoxy groups -OCH3 is 2. The summed E-state index contributed by atoms with van der Waals surface area (Å²) >= 11 is 0. The Labute approximate surface area is 133 Å². The first-order chi connectivity index (χ1) is 10.9. The first kappa shape index (κ1) is 17.5. The van der Waals surface area contributed by atoms with E-state index in [9.17, 15) is 13.2 Å². The zero-order valence-corrected chi connectivity index (χ0v) is 13.3. The molecule has 0 aliphatic rings. The molecule has 0 aromatic heterocycles. The SMILES string of the molecule is COCc1ccc(C)c(-c2cc(C(F)(F)F)ccc2COC)c1. The number of benzene rings is 2. The zero-order valence-electron chi connectivity index (χ0n) is 13.3. The van der Waals surface area contributed by atoms with Crippen molar-refractivity contribution in [1.29, 1.82) is 0 Å². The molecule has 0 radical (unpaired) electrons. The van der Waals surface area contributed by atoms with Gasteiger partial charge in [-0.15, -0.1) is 0 Å². The van der Waals surface area contributed by atoms with Crippen molar-refractivity contribution in [2.45, 2.75) is 26.3 Å². The van der Waals surface area contributed by atoms with Crippen molar-refractivity contribution in [2.75, 3.05) is 14.2 Å². The molecule has 0 amide bonds. The maximum absolute atomic E-state index is 13.1. The van der Waals surface area contributed by atoms with Crippen LogP contribution in [0.25, 0.3) is 11.1 Å². The molecular formula is C18H19F3O2. The lowest BCUT2D eigenvalue weighted by Crippen LogP contribution is -2.06. The van der Waals surface area contributed by atoms with E-state index in [0.717, 1.165) is 28.3 Å². The van der Waals surface area contributed by atoms with Gasteiger partial charge in [0.05, 0.1) is 18.8 Å². The second-order valence-electron chi connectivity index (χ2n) is 5.38. The minimum absolute atomic E-state index is 0.251. The molecule has 0 aliphatic carbocycles. The van der Waals surface area contributed by atoms with Crippen molar-refractivity contribution in [3.8, 4) is 11.1 Å². The molecule has 124 valence electrons. The summed E-state index contributed by atoms with van der Waals surface area (Å²) in [4.78, 5) is 0. The van der Waals surface area contributed by atoms with Crippen LogP contribution < -0.4 is 0 Å². The molecule has 5 heteroatoms. The van der Waals surface area contributed by atoms with Gasteiger partial charge in [-0.05, 0) is 52.9 Å². The van der Waals surface area contributed by atoms with Crippen LogP contribution in [0, 0.1) is 6.92 Å². The molecule has 0 saturated heterocycles. The number of ether oxygens (including phenoxy) is 2. The molecule has 0 bridgehead atoms. The van der Waals surface area contributed by atoms with Gasteiger partial charge in [0.1, 0.15) is 0 Å². The highest BCUT2D eigenvalue weighted by molar-refractivity contribution is 5.72. The molecule has 0 saturated carbocycles. The third-order valence-electron chi connectivity index (χ3n) is 3.64. The van der Waals surface area contributed by atoms with E-state index in [0.29, 0.717) is 12.2 Å².